The molecule has 1 nitrogen and oxygen atoms in total. The van der Waals surface area contributed by atoms with Crippen molar-refractivity contribution in [1.29, 1.82) is 0 Å². The second kappa shape index (κ2) is 4.72. The van der Waals surface area contributed by atoms with Gasteiger partial charge in [-0.3, -0.25) is 0 Å². The first-order valence-corrected chi connectivity index (χ1v) is 9.48. The molecule has 1 rings (SSSR count). The van der Waals surface area contributed by atoms with E-state index in [-0.39, 0.29) is 6.10 Å². The Labute approximate surface area is 95.7 Å². The summed E-state index contributed by atoms with van der Waals surface area (Å²) in [4.78, 5) is 0. The van der Waals surface area contributed by atoms with Crippen LogP contribution in [-0.2, 0) is 4.43 Å². The van der Waals surface area contributed by atoms with Gasteiger partial charge in [0.2, 0.25) is 0 Å². The second-order valence-electron chi connectivity index (χ2n) is 5.74. The summed E-state index contributed by atoms with van der Waals surface area (Å²) in [6.07, 6.45) is 12.0. The van der Waals surface area contributed by atoms with Gasteiger partial charge >= 0.3 is 0 Å². The topological polar surface area (TPSA) is 9.23 Å². The molecule has 0 heterocycles. The van der Waals surface area contributed by atoms with E-state index in [1.165, 1.54) is 32.1 Å². The first-order chi connectivity index (χ1) is 6.93. The zero-order valence-corrected chi connectivity index (χ0v) is 11.6. The van der Waals surface area contributed by atoms with Crippen molar-refractivity contribution in [3.05, 3.63) is 0 Å². The van der Waals surface area contributed by atoms with Crippen molar-refractivity contribution in [2.24, 2.45) is 5.41 Å². The van der Waals surface area contributed by atoms with Gasteiger partial charge in [-0.2, -0.15) is 0 Å². The molecule has 0 saturated heterocycles. The molecule has 2 heteroatoms. The first-order valence-electron chi connectivity index (χ1n) is 6.07. The van der Waals surface area contributed by atoms with E-state index in [4.69, 9.17) is 10.8 Å². The Hall–Kier alpha value is -0.263. The number of hydrogen-bond donors (Lipinski definition) is 0. The van der Waals surface area contributed by atoms with Crippen molar-refractivity contribution in [3.63, 3.8) is 0 Å². The van der Waals surface area contributed by atoms with Gasteiger partial charge in [0.25, 0.3) is 0 Å². The monoisotopic (exact) mass is 224 g/mol. The molecule has 1 aliphatic carbocycles. The minimum Gasteiger partial charge on any atom is -0.404 e. The molecule has 1 fully saturated rings. The number of hydrogen-bond acceptors (Lipinski definition) is 1. The molecule has 0 amide bonds. The molecule has 0 bridgehead atoms. The summed E-state index contributed by atoms with van der Waals surface area (Å²) in [5, 5.41) is 0. The largest absolute Gasteiger partial charge is 0.404 e. The van der Waals surface area contributed by atoms with E-state index in [9.17, 15) is 0 Å². The Kier molecular flexibility index (Phi) is 4.03. The minimum atomic E-state index is -1.50. The molecule has 0 aromatic rings. The third-order valence-electron chi connectivity index (χ3n) is 3.28. The quantitative estimate of drug-likeness (QED) is 0.510. The molecule has 1 saturated carbocycles. The second-order valence-corrected chi connectivity index (χ2v) is 10.2. The van der Waals surface area contributed by atoms with E-state index >= 15 is 0 Å². The van der Waals surface area contributed by atoms with E-state index in [1.807, 2.05) is 0 Å². The molecule has 0 aromatic heterocycles. The molecule has 1 unspecified atom stereocenters. The van der Waals surface area contributed by atoms with Crippen LogP contribution in [0.15, 0.2) is 0 Å². The van der Waals surface area contributed by atoms with E-state index in [0.29, 0.717) is 5.41 Å². The highest BCUT2D eigenvalue weighted by atomic mass is 28.4. The Bertz CT molecular complexity index is 242. The van der Waals surface area contributed by atoms with Crippen molar-refractivity contribution < 1.29 is 4.43 Å². The van der Waals surface area contributed by atoms with Crippen LogP contribution in [-0.4, -0.2) is 14.4 Å². The van der Waals surface area contributed by atoms with Crippen LogP contribution in [0.3, 0.4) is 0 Å². The lowest BCUT2D eigenvalue weighted by atomic mass is 9.63. The lowest BCUT2D eigenvalue weighted by Gasteiger charge is -2.47. The molecule has 0 radical (unpaired) electrons. The summed E-state index contributed by atoms with van der Waals surface area (Å²) in [5.74, 6) is 2.90. The summed E-state index contributed by atoms with van der Waals surface area (Å²) >= 11 is 0. The molecule has 0 N–H and O–H groups in total. The van der Waals surface area contributed by atoms with Gasteiger partial charge < -0.3 is 4.43 Å². The molecule has 0 aliphatic heterocycles. The van der Waals surface area contributed by atoms with Crippen molar-refractivity contribution in [1.82, 2.24) is 0 Å². The average Bonchev–Trinajstić information content (AvgIpc) is 2.06. The predicted molar refractivity (Wildman–Crippen MR) is 68.2 cm³/mol. The zero-order valence-electron chi connectivity index (χ0n) is 10.6. The molecule has 86 valence electrons. The lowest BCUT2D eigenvalue weighted by molar-refractivity contribution is 0.00328. The smallest absolute Gasteiger partial charge is 0.185 e. The molecule has 0 spiro atoms. The van der Waals surface area contributed by atoms with E-state index in [0.717, 1.165) is 0 Å². The van der Waals surface area contributed by atoms with Crippen molar-refractivity contribution in [3.8, 4) is 12.3 Å². The van der Waals surface area contributed by atoms with E-state index < -0.39 is 8.32 Å². The third kappa shape index (κ3) is 3.09. The summed E-state index contributed by atoms with van der Waals surface area (Å²) in [6, 6.07) is 0. The van der Waals surface area contributed by atoms with Crippen LogP contribution in [0.2, 0.25) is 19.6 Å². The fourth-order valence-electron chi connectivity index (χ4n) is 2.46. The molecule has 1 atom stereocenters. The van der Waals surface area contributed by atoms with E-state index in [2.05, 4.69) is 32.5 Å². The van der Waals surface area contributed by atoms with Gasteiger partial charge in [-0.15, -0.1) is 6.42 Å². The Morgan fingerprint density at radius 3 is 2.27 bits per heavy atom. The number of rotatable bonds is 5. The summed E-state index contributed by atoms with van der Waals surface area (Å²) < 4.78 is 6.15. The maximum Gasteiger partial charge on any atom is 0.185 e. The molecule has 1 aliphatic rings. The lowest BCUT2D eigenvalue weighted by Crippen LogP contribution is -2.46. The first kappa shape index (κ1) is 12.8. The Morgan fingerprint density at radius 2 is 2.00 bits per heavy atom. The van der Waals surface area contributed by atoms with Gasteiger partial charge in [-0.1, -0.05) is 25.7 Å². The SMILES string of the molecule is C#CC(O[Si](C)(C)C)C1(CCC)CCC1. The highest BCUT2D eigenvalue weighted by molar-refractivity contribution is 6.69. The molecular formula is C13H24OSi. The van der Waals surface area contributed by atoms with Crippen molar-refractivity contribution >= 4 is 8.32 Å². The molecular weight excluding hydrogens is 200 g/mol. The Balaban J connectivity index is 2.68. The van der Waals surface area contributed by atoms with E-state index in [1.54, 1.807) is 0 Å². The Morgan fingerprint density at radius 1 is 1.40 bits per heavy atom. The normalized spacial score (nSPS) is 21.5. The van der Waals surface area contributed by atoms with Crippen molar-refractivity contribution in [2.45, 2.75) is 64.8 Å². The summed E-state index contributed by atoms with van der Waals surface area (Å²) in [7, 11) is -1.50. The van der Waals surface area contributed by atoms with Crippen LogP contribution in [0, 0.1) is 17.8 Å². The summed E-state index contributed by atoms with van der Waals surface area (Å²) in [5.41, 5.74) is 0.323. The molecule has 15 heavy (non-hydrogen) atoms. The van der Waals surface area contributed by atoms with Gasteiger partial charge in [0.1, 0.15) is 6.10 Å². The number of terminal acetylenes is 1. The maximum absolute atomic E-state index is 6.15. The standard InChI is InChI=1S/C13H24OSi/c1-6-9-13(10-8-11-13)12(7-2)14-15(3,4)5/h2,12H,6,8-11H2,1,3-5H3. The molecule has 0 aromatic carbocycles. The zero-order chi connectivity index (χ0) is 11.5. The third-order valence-corrected chi connectivity index (χ3v) is 4.22. The van der Waals surface area contributed by atoms with Gasteiger partial charge in [0.15, 0.2) is 8.32 Å². The maximum atomic E-state index is 6.15. The van der Waals surface area contributed by atoms with Crippen LogP contribution in [0.5, 0.6) is 0 Å². The van der Waals surface area contributed by atoms with Crippen LogP contribution in [0.1, 0.15) is 39.0 Å². The van der Waals surface area contributed by atoms with Crippen LogP contribution >= 0.6 is 0 Å². The van der Waals surface area contributed by atoms with Crippen molar-refractivity contribution in [2.75, 3.05) is 0 Å². The van der Waals surface area contributed by atoms with Gasteiger partial charge in [-0.25, -0.2) is 0 Å². The highest BCUT2D eigenvalue weighted by Crippen LogP contribution is 2.49. The minimum absolute atomic E-state index is 0.0675. The van der Waals surface area contributed by atoms with Gasteiger partial charge in [0.05, 0.1) is 0 Å². The van der Waals surface area contributed by atoms with Crippen LogP contribution < -0.4 is 0 Å². The van der Waals surface area contributed by atoms with Crippen LogP contribution in [0.25, 0.3) is 0 Å². The van der Waals surface area contributed by atoms with Gasteiger partial charge in [-0.05, 0) is 38.9 Å². The average molecular weight is 224 g/mol. The highest BCUT2D eigenvalue weighted by Gasteiger charge is 2.44. The fourth-order valence-corrected chi connectivity index (χ4v) is 3.49. The summed E-state index contributed by atoms with van der Waals surface area (Å²) in [6.45, 7) is 8.89. The van der Waals surface area contributed by atoms with Crippen LogP contribution in [0.4, 0.5) is 0 Å². The fraction of sp³-hybridized carbons (Fsp3) is 0.846. The predicted octanol–water partition coefficient (Wildman–Crippen LogP) is 3.81. The van der Waals surface area contributed by atoms with Gasteiger partial charge in [0, 0.05) is 5.41 Å².